The van der Waals surface area contributed by atoms with Crippen LogP contribution in [-0.4, -0.2) is 16.5 Å². The van der Waals surface area contributed by atoms with E-state index < -0.39 is 5.82 Å². The number of anilines is 1. The van der Waals surface area contributed by atoms with Crippen molar-refractivity contribution in [3.63, 3.8) is 0 Å². The fraction of sp³-hybridized carbons (Fsp3) is 0.167. The molecular weight excluding hydrogens is 257 g/mol. The van der Waals surface area contributed by atoms with Crippen molar-refractivity contribution in [3.05, 3.63) is 41.4 Å². The van der Waals surface area contributed by atoms with Gasteiger partial charge in [0.05, 0.1) is 5.02 Å². The minimum Gasteiger partial charge on any atom is -0.437 e. The van der Waals surface area contributed by atoms with Gasteiger partial charge in [-0.25, -0.2) is 14.4 Å². The van der Waals surface area contributed by atoms with Gasteiger partial charge < -0.3 is 10.1 Å². The fourth-order valence-corrected chi connectivity index (χ4v) is 1.55. The van der Waals surface area contributed by atoms with Crippen LogP contribution < -0.4 is 10.1 Å². The van der Waals surface area contributed by atoms with Gasteiger partial charge in [-0.1, -0.05) is 11.6 Å². The second-order valence-corrected chi connectivity index (χ2v) is 3.86. The number of rotatable bonds is 4. The molecule has 0 atom stereocenters. The minimum absolute atomic E-state index is 0.193. The zero-order valence-corrected chi connectivity index (χ0v) is 10.4. The molecule has 0 aliphatic carbocycles. The van der Waals surface area contributed by atoms with Crippen LogP contribution in [0.4, 0.5) is 10.2 Å². The van der Waals surface area contributed by atoms with Crippen molar-refractivity contribution < 1.29 is 9.13 Å². The highest BCUT2D eigenvalue weighted by Crippen LogP contribution is 2.29. The van der Waals surface area contributed by atoms with Gasteiger partial charge in [-0.15, -0.1) is 0 Å². The third-order valence-electron chi connectivity index (χ3n) is 2.11. The maximum absolute atomic E-state index is 12.9. The summed E-state index contributed by atoms with van der Waals surface area (Å²) < 4.78 is 18.3. The molecule has 6 heteroatoms. The summed E-state index contributed by atoms with van der Waals surface area (Å²) in [5.74, 6) is 0.929. The normalized spacial score (nSPS) is 10.2. The van der Waals surface area contributed by atoms with E-state index in [9.17, 15) is 4.39 Å². The quantitative estimate of drug-likeness (QED) is 0.921. The van der Waals surface area contributed by atoms with Crippen LogP contribution in [0.15, 0.2) is 30.6 Å². The van der Waals surface area contributed by atoms with Gasteiger partial charge in [-0.05, 0) is 25.1 Å². The molecule has 0 amide bonds. The molecule has 1 heterocycles. The van der Waals surface area contributed by atoms with Crippen molar-refractivity contribution in [3.8, 4) is 11.6 Å². The monoisotopic (exact) mass is 267 g/mol. The van der Waals surface area contributed by atoms with E-state index >= 15 is 0 Å². The van der Waals surface area contributed by atoms with Crippen LogP contribution in [0.2, 0.25) is 5.02 Å². The summed E-state index contributed by atoms with van der Waals surface area (Å²) >= 11 is 5.86. The molecule has 18 heavy (non-hydrogen) atoms. The molecule has 4 nitrogen and oxygen atoms in total. The van der Waals surface area contributed by atoms with Crippen molar-refractivity contribution in [1.82, 2.24) is 9.97 Å². The van der Waals surface area contributed by atoms with Gasteiger partial charge in [-0.3, -0.25) is 0 Å². The maximum atomic E-state index is 12.9. The summed E-state index contributed by atoms with van der Waals surface area (Å²) in [5.41, 5.74) is 0. The van der Waals surface area contributed by atoms with E-state index in [4.69, 9.17) is 16.3 Å². The molecule has 1 aromatic carbocycles. The molecular formula is C12H11ClFN3O. The van der Waals surface area contributed by atoms with E-state index in [2.05, 4.69) is 15.3 Å². The lowest BCUT2D eigenvalue weighted by Crippen LogP contribution is -2.00. The molecule has 0 aliphatic heterocycles. The first-order valence-electron chi connectivity index (χ1n) is 5.38. The zero-order chi connectivity index (χ0) is 13.0. The lowest BCUT2D eigenvalue weighted by atomic mass is 10.3. The van der Waals surface area contributed by atoms with E-state index in [1.54, 1.807) is 6.07 Å². The average molecular weight is 268 g/mol. The number of ether oxygens (including phenoxy) is 1. The molecule has 0 saturated carbocycles. The second-order valence-electron chi connectivity index (χ2n) is 3.45. The largest absolute Gasteiger partial charge is 0.437 e. The summed E-state index contributed by atoms with van der Waals surface area (Å²) in [5, 5.41) is 3.23. The highest BCUT2D eigenvalue weighted by atomic mass is 35.5. The smallest absolute Gasteiger partial charge is 0.224 e. The predicted molar refractivity (Wildman–Crippen MR) is 67.7 cm³/mol. The van der Waals surface area contributed by atoms with Crippen LogP contribution in [0.25, 0.3) is 0 Å². The minimum atomic E-state index is -0.414. The highest BCUT2D eigenvalue weighted by molar-refractivity contribution is 6.32. The Hall–Kier alpha value is -1.88. The van der Waals surface area contributed by atoms with Gasteiger partial charge in [0.2, 0.25) is 5.88 Å². The van der Waals surface area contributed by atoms with Gasteiger partial charge in [0.1, 0.15) is 23.7 Å². The molecule has 0 radical (unpaired) electrons. The third kappa shape index (κ3) is 3.07. The van der Waals surface area contributed by atoms with Gasteiger partial charge in [0.25, 0.3) is 0 Å². The second kappa shape index (κ2) is 5.64. The Bertz CT molecular complexity index is 551. The number of hydrogen-bond donors (Lipinski definition) is 1. The molecule has 1 N–H and O–H groups in total. The van der Waals surface area contributed by atoms with Crippen molar-refractivity contribution in [1.29, 1.82) is 0 Å². The molecule has 2 rings (SSSR count). The predicted octanol–water partition coefficient (Wildman–Crippen LogP) is 3.49. The summed E-state index contributed by atoms with van der Waals surface area (Å²) in [6.45, 7) is 2.70. The molecule has 2 aromatic rings. The number of benzene rings is 1. The summed E-state index contributed by atoms with van der Waals surface area (Å²) in [6.07, 6.45) is 1.38. The molecule has 0 aliphatic rings. The maximum Gasteiger partial charge on any atom is 0.224 e. The lowest BCUT2D eigenvalue weighted by Gasteiger charge is -2.07. The summed E-state index contributed by atoms with van der Waals surface area (Å²) in [4.78, 5) is 7.97. The highest BCUT2D eigenvalue weighted by Gasteiger charge is 2.06. The Morgan fingerprint density at radius 3 is 2.89 bits per heavy atom. The average Bonchev–Trinajstić information content (AvgIpc) is 2.34. The standard InChI is InChI=1S/C12H11ClFN3O/c1-2-15-11-6-12(17-7-16-11)18-10-4-3-8(14)5-9(10)13/h3-7H,2H2,1H3,(H,15,16,17). The molecule has 0 saturated heterocycles. The molecule has 0 bridgehead atoms. The van der Waals surface area contributed by atoms with E-state index in [0.29, 0.717) is 17.4 Å². The van der Waals surface area contributed by atoms with E-state index in [1.165, 1.54) is 24.5 Å². The van der Waals surface area contributed by atoms with E-state index in [-0.39, 0.29) is 5.02 Å². The van der Waals surface area contributed by atoms with Gasteiger partial charge in [-0.2, -0.15) is 0 Å². The Kier molecular flexibility index (Phi) is 3.94. The van der Waals surface area contributed by atoms with Crippen LogP contribution in [0.5, 0.6) is 11.6 Å². The molecule has 0 unspecified atom stereocenters. The number of aromatic nitrogens is 2. The Morgan fingerprint density at radius 1 is 1.33 bits per heavy atom. The number of nitrogens with zero attached hydrogens (tertiary/aromatic N) is 2. The van der Waals surface area contributed by atoms with Crippen molar-refractivity contribution in [2.45, 2.75) is 6.92 Å². The SMILES string of the molecule is CCNc1cc(Oc2ccc(F)cc2Cl)ncn1. The number of nitrogens with one attached hydrogen (secondary N) is 1. The molecule has 0 spiro atoms. The van der Waals surface area contributed by atoms with Crippen LogP contribution in [0.3, 0.4) is 0 Å². The van der Waals surface area contributed by atoms with Crippen molar-refractivity contribution >= 4 is 17.4 Å². The first kappa shape index (κ1) is 12.6. The van der Waals surface area contributed by atoms with E-state index in [0.717, 1.165) is 6.54 Å². The molecule has 94 valence electrons. The van der Waals surface area contributed by atoms with Crippen LogP contribution in [0.1, 0.15) is 6.92 Å². The van der Waals surface area contributed by atoms with Gasteiger partial charge >= 0.3 is 0 Å². The first-order chi connectivity index (χ1) is 8.69. The Morgan fingerprint density at radius 2 is 2.17 bits per heavy atom. The van der Waals surface area contributed by atoms with E-state index in [1.807, 2.05) is 6.92 Å². The zero-order valence-electron chi connectivity index (χ0n) is 9.65. The summed E-state index contributed by atoms with van der Waals surface area (Å²) in [7, 11) is 0. The van der Waals surface area contributed by atoms with Crippen LogP contribution in [0, 0.1) is 5.82 Å². The lowest BCUT2D eigenvalue weighted by molar-refractivity contribution is 0.460. The molecule has 0 fully saturated rings. The number of hydrogen-bond acceptors (Lipinski definition) is 4. The first-order valence-corrected chi connectivity index (χ1v) is 5.75. The Labute approximate surface area is 109 Å². The van der Waals surface area contributed by atoms with Gasteiger partial charge in [0, 0.05) is 12.6 Å². The molecule has 1 aromatic heterocycles. The van der Waals surface area contributed by atoms with Crippen molar-refractivity contribution in [2.75, 3.05) is 11.9 Å². The fourth-order valence-electron chi connectivity index (χ4n) is 1.34. The van der Waals surface area contributed by atoms with Crippen molar-refractivity contribution in [2.24, 2.45) is 0 Å². The van der Waals surface area contributed by atoms with Crippen LogP contribution in [-0.2, 0) is 0 Å². The third-order valence-corrected chi connectivity index (χ3v) is 2.40. The topological polar surface area (TPSA) is 47.0 Å². The van der Waals surface area contributed by atoms with Gasteiger partial charge in [0.15, 0.2) is 0 Å². The summed E-state index contributed by atoms with van der Waals surface area (Å²) in [6, 6.07) is 5.55. The number of halogens is 2. The Balaban J connectivity index is 2.20. The van der Waals surface area contributed by atoms with Crippen LogP contribution >= 0.6 is 11.6 Å².